The van der Waals surface area contributed by atoms with Gasteiger partial charge in [0.25, 0.3) is 8.32 Å². The lowest BCUT2D eigenvalue weighted by Crippen LogP contribution is -2.67. The van der Waals surface area contributed by atoms with Gasteiger partial charge in [-0.2, -0.15) is 0 Å². The Balaban J connectivity index is 1.21. The van der Waals surface area contributed by atoms with Crippen LogP contribution in [0.1, 0.15) is 59.3 Å². The van der Waals surface area contributed by atoms with E-state index in [0.717, 1.165) is 30.8 Å². The van der Waals surface area contributed by atoms with E-state index in [0.29, 0.717) is 12.0 Å². The quantitative estimate of drug-likeness (QED) is 0.531. The van der Waals surface area contributed by atoms with Crippen molar-refractivity contribution in [2.45, 2.75) is 70.4 Å². The molecule has 1 saturated heterocycles. The molecule has 1 atom stereocenters. The Bertz CT molecular complexity index is 1010. The van der Waals surface area contributed by atoms with Gasteiger partial charge in [-0.15, -0.1) is 0 Å². The molecule has 2 amide bonds. The summed E-state index contributed by atoms with van der Waals surface area (Å²) in [4.78, 5) is 15.3. The number of nitrogens with zero attached hydrogens (tertiary/aromatic N) is 1. The van der Waals surface area contributed by atoms with Crippen LogP contribution in [0.3, 0.4) is 0 Å². The summed E-state index contributed by atoms with van der Waals surface area (Å²) in [5.41, 5.74) is 0.375. The molecular formula is C31H42N2O2Si. The van der Waals surface area contributed by atoms with Crippen molar-refractivity contribution < 1.29 is 9.22 Å². The number of urea groups is 1. The molecule has 1 N–H and O–H groups in total. The normalized spacial score (nSPS) is 31.6. The Morgan fingerprint density at radius 3 is 1.86 bits per heavy atom. The summed E-state index contributed by atoms with van der Waals surface area (Å²) >= 11 is 0. The lowest BCUT2D eigenvalue weighted by molar-refractivity contribution is -0.0625. The van der Waals surface area contributed by atoms with E-state index in [9.17, 15) is 4.79 Å². The maximum Gasteiger partial charge on any atom is 0.317 e. The number of hydrogen-bond acceptors (Lipinski definition) is 2. The fourth-order valence-electron chi connectivity index (χ4n) is 8.77. The second-order valence-corrected chi connectivity index (χ2v) is 17.7. The molecule has 4 bridgehead atoms. The van der Waals surface area contributed by atoms with Gasteiger partial charge in [0.1, 0.15) is 0 Å². The van der Waals surface area contributed by atoms with E-state index < -0.39 is 8.32 Å². The number of benzene rings is 2. The highest BCUT2D eigenvalue weighted by Crippen LogP contribution is 2.60. The van der Waals surface area contributed by atoms with Crippen LogP contribution in [-0.4, -0.2) is 45.0 Å². The van der Waals surface area contributed by atoms with Crippen molar-refractivity contribution in [3.05, 3.63) is 60.7 Å². The summed E-state index contributed by atoms with van der Waals surface area (Å²) in [5.74, 6) is 2.74. The van der Waals surface area contributed by atoms with Crippen molar-refractivity contribution in [1.82, 2.24) is 10.2 Å². The third kappa shape index (κ3) is 4.22. The summed E-state index contributed by atoms with van der Waals surface area (Å²) in [7, 11) is -2.60. The van der Waals surface area contributed by atoms with Crippen LogP contribution in [0.4, 0.5) is 4.79 Å². The zero-order valence-corrected chi connectivity index (χ0v) is 23.2. The molecule has 5 heteroatoms. The Hall–Kier alpha value is -2.11. The minimum atomic E-state index is -2.60. The predicted molar refractivity (Wildman–Crippen MR) is 148 cm³/mol. The standard InChI is InChI=1S/C31H42N2O2Si/c1-30(2,3)36(27-10-6-4-7-11-27,28-12-8-5-9-13-28)35-21-26-20-33(29(34)32-26)22-31-17-23-14-24(18-31)16-25(15-23)19-31/h4-13,23-26H,14-22H2,1-3H3,(H,32,34). The third-order valence-electron chi connectivity index (χ3n) is 9.66. The highest BCUT2D eigenvalue weighted by atomic mass is 28.4. The lowest BCUT2D eigenvalue weighted by atomic mass is 9.49. The summed E-state index contributed by atoms with van der Waals surface area (Å²) in [6, 6.07) is 21.7. The molecule has 1 heterocycles. The molecular weight excluding hydrogens is 460 g/mol. The van der Waals surface area contributed by atoms with Crippen LogP contribution in [0.5, 0.6) is 0 Å². The number of nitrogens with one attached hydrogen (secondary N) is 1. The van der Waals surface area contributed by atoms with Gasteiger partial charge in [0.15, 0.2) is 0 Å². The van der Waals surface area contributed by atoms with Gasteiger partial charge in [-0.05, 0) is 77.1 Å². The molecule has 7 rings (SSSR count). The molecule has 2 aromatic rings. The van der Waals surface area contributed by atoms with Crippen molar-refractivity contribution in [3.63, 3.8) is 0 Å². The van der Waals surface area contributed by atoms with Crippen molar-refractivity contribution >= 4 is 24.7 Å². The molecule has 4 aliphatic carbocycles. The second kappa shape index (κ2) is 9.02. The van der Waals surface area contributed by atoms with Gasteiger partial charge in [0, 0.05) is 13.1 Å². The van der Waals surface area contributed by atoms with Crippen molar-refractivity contribution in [1.29, 1.82) is 0 Å². The first-order valence-electron chi connectivity index (χ1n) is 14.1. The maximum atomic E-state index is 13.1. The van der Waals surface area contributed by atoms with E-state index in [1.165, 1.54) is 48.9 Å². The maximum absolute atomic E-state index is 13.1. The lowest BCUT2D eigenvalue weighted by Gasteiger charge is -2.57. The van der Waals surface area contributed by atoms with Gasteiger partial charge in [0.05, 0.1) is 12.6 Å². The van der Waals surface area contributed by atoms with Crippen LogP contribution < -0.4 is 15.7 Å². The molecule has 36 heavy (non-hydrogen) atoms. The van der Waals surface area contributed by atoms with E-state index in [4.69, 9.17) is 4.43 Å². The Labute approximate surface area is 217 Å². The molecule has 5 fully saturated rings. The topological polar surface area (TPSA) is 41.6 Å². The number of rotatable bonds is 7. The van der Waals surface area contributed by atoms with Crippen LogP contribution in [0.25, 0.3) is 0 Å². The van der Waals surface area contributed by atoms with Crippen LogP contribution in [-0.2, 0) is 4.43 Å². The van der Waals surface area contributed by atoms with E-state index in [1.54, 1.807) is 0 Å². The fraction of sp³-hybridized carbons (Fsp3) is 0.581. The monoisotopic (exact) mass is 502 g/mol. The molecule has 0 radical (unpaired) electrons. The summed E-state index contributed by atoms with van der Waals surface area (Å²) in [5, 5.41) is 5.82. The predicted octanol–water partition coefficient (Wildman–Crippen LogP) is 5.17. The zero-order valence-electron chi connectivity index (χ0n) is 22.2. The van der Waals surface area contributed by atoms with Crippen LogP contribution in [0, 0.1) is 23.2 Å². The molecule has 4 saturated carbocycles. The van der Waals surface area contributed by atoms with Crippen LogP contribution in [0.2, 0.25) is 5.04 Å². The fourth-order valence-corrected chi connectivity index (χ4v) is 13.4. The second-order valence-electron chi connectivity index (χ2n) is 13.4. The Kier molecular flexibility index (Phi) is 6.07. The van der Waals surface area contributed by atoms with E-state index >= 15 is 0 Å². The smallest absolute Gasteiger partial charge is 0.317 e. The van der Waals surface area contributed by atoms with Crippen molar-refractivity contribution in [2.24, 2.45) is 23.2 Å². The molecule has 1 aliphatic heterocycles. The summed E-state index contributed by atoms with van der Waals surface area (Å²) in [6.45, 7) is 9.19. The highest BCUT2D eigenvalue weighted by Gasteiger charge is 2.53. The Morgan fingerprint density at radius 1 is 0.889 bits per heavy atom. The molecule has 192 valence electrons. The molecule has 0 spiro atoms. The van der Waals surface area contributed by atoms with Gasteiger partial charge >= 0.3 is 6.03 Å². The Morgan fingerprint density at radius 2 is 1.39 bits per heavy atom. The van der Waals surface area contributed by atoms with Gasteiger partial charge in [0.2, 0.25) is 0 Å². The molecule has 1 unspecified atom stereocenters. The zero-order chi connectivity index (χ0) is 25.0. The molecule has 2 aromatic carbocycles. The third-order valence-corrected chi connectivity index (χ3v) is 14.7. The largest absolute Gasteiger partial charge is 0.405 e. The number of carbonyl (C=O) groups excluding carboxylic acids is 1. The molecule has 4 nitrogen and oxygen atoms in total. The minimum absolute atomic E-state index is 0.0352. The van der Waals surface area contributed by atoms with Crippen molar-refractivity contribution in [3.8, 4) is 0 Å². The summed E-state index contributed by atoms with van der Waals surface area (Å²) < 4.78 is 7.14. The van der Waals surface area contributed by atoms with E-state index in [-0.39, 0.29) is 17.1 Å². The summed E-state index contributed by atoms with van der Waals surface area (Å²) in [6.07, 6.45) is 8.35. The van der Waals surface area contributed by atoms with Crippen molar-refractivity contribution in [2.75, 3.05) is 19.7 Å². The molecule has 5 aliphatic rings. The van der Waals surface area contributed by atoms with Gasteiger partial charge in [-0.3, -0.25) is 0 Å². The number of amides is 2. The first kappa shape index (κ1) is 24.2. The average Bonchev–Trinajstić information content (AvgIpc) is 3.17. The first-order valence-corrected chi connectivity index (χ1v) is 16.0. The first-order chi connectivity index (χ1) is 17.3. The van der Waals surface area contributed by atoms with E-state index in [2.05, 4.69) is 91.7 Å². The van der Waals surface area contributed by atoms with Gasteiger partial charge in [-0.25, -0.2) is 4.79 Å². The van der Waals surface area contributed by atoms with Gasteiger partial charge < -0.3 is 14.6 Å². The van der Waals surface area contributed by atoms with Crippen LogP contribution >= 0.6 is 0 Å². The van der Waals surface area contributed by atoms with Gasteiger partial charge in [-0.1, -0.05) is 81.4 Å². The number of hydrogen-bond donors (Lipinski definition) is 1. The minimum Gasteiger partial charge on any atom is -0.405 e. The highest BCUT2D eigenvalue weighted by molar-refractivity contribution is 6.99. The number of carbonyl (C=O) groups is 1. The SMILES string of the molecule is CC(C)(C)[Si](OCC1CN(CC23CC4CC(CC(C4)C2)C3)C(=O)N1)(c1ccccc1)c1ccccc1. The average molecular weight is 503 g/mol. The van der Waals surface area contributed by atoms with Crippen LogP contribution in [0.15, 0.2) is 60.7 Å². The molecule has 0 aromatic heterocycles. The van der Waals surface area contributed by atoms with E-state index in [1.807, 2.05) is 0 Å².